The van der Waals surface area contributed by atoms with Crippen LogP contribution in [0.25, 0.3) is 0 Å². The van der Waals surface area contributed by atoms with E-state index in [0.717, 1.165) is 17.5 Å². The highest BCUT2D eigenvalue weighted by Crippen LogP contribution is 2.50. The number of carbonyl (C=O) groups excluding carboxylic acids is 4. The lowest BCUT2D eigenvalue weighted by atomic mass is 9.70. The Labute approximate surface area is 233 Å². The van der Waals surface area contributed by atoms with E-state index < -0.39 is 35.6 Å². The first kappa shape index (κ1) is 28.7. The summed E-state index contributed by atoms with van der Waals surface area (Å²) in [5, 5.41) is 2.96. The number of anilines is 1. The average Bonchev–Trinajstić information content (AvgIpc) is 3.49. The third-order valence-electron chi connectivity index (χ3n) is 7.77. The van der Waals surface area contributed by atoms with E-state index >= 15 is 0 Å². The minimum absolute atomic E-state index is 0.0140. The molecule has 10 heteroatoms. The maximum atomic E-state index is 13.5. The second-order valence-corrected chi connectivity index (χ2v) is 9.81. The molecule has 2 aliphatic heterocycles. The molecule has 0 aliphatic carbocycles. The van der Waals surface area contributed by atoms with Gasteiger partial charge in [-0.1, -0.05) is 55.5 Å². The van der Waals surface area contributed by atoms with Crippen LogP contribution in [0.2, 0.25) is 0 Å². The van der Waals surface area contributed by atoms with Crippen molar-refractivity contribution < 1.29 is 38.1 Å². The van der Waals surface area contributed by atoms with Gasteiger partial charge in [-0.25, -0.2) is 9.59 Å². The Bertz CT molecular complexity index is 1260. The summed E-state index contributed by atoms with van der Waals surface area (Å²) in [6.45, 7) is 2.17. The summed E-state index contributed by atoms with van der Waals surface area (Å²) in [4.78, 5) is 53.1. The molecule has 1 saturated heterocycles. The third kappa shape index (κ3) is 5.52. The Morgan fingerprint density at radius 1 is 1.12 bits per heavy atom. The molecular weight excluding hydrogens is 516 g/mol. The number of carbonyl (C=O) groups is 4. The Hall–Kier alpha value is -4.34. The number of amides is 2. The van der Waals surface area contributed by atoms with Crippen LogP contribution in [-0.2, 0) is 45.4 Å². The fourth-order valence-corrected chi connectivity index (χ4v) is 5.87. The summed E-state index contributed by atoms with van der Waals surface area (Å²) < 4.78 is 21.4. The Balaban J connectivity index is 1.68. The zero-order valence-corrected chi connectivity index (χ0v) is 22.8. The summed E-state index contributed by atoms with van der Waals surface area (Å²) in [6, 6.07) is 15.9. The van der Waals surface area contributed by atoms with Crippen LogP contribution in [0.1, 0.15) is 37.3 Å². The van der Waals surface area contributed by atoms with E-state index in [2.05, 4.69) is 5.32 Å². The van der Waals surface area contributed by atoms with Crippen molar-refractivity contribution in [3.8, 4) is 0 Å². The van der Waals surface area contributed by atoms with E-state index in [4.69, 9.17) is 18.9 Å². The van der Waals surface area contributed by atoms with Crippen LogP contribution in [0.3, 0.4) is 0 Å². The van der Waals surface area contributed by atoms with Crippen molar-refractivity contribution in [2.45, 2.75) is 50.4 Å². The first-order valence-electron chi connectivity index (χ1n) is 13.2. The summed E-state index contributed by atoms with van der Waals surface area (Å²) in [5.74, 6) is -1.68. The van der Waals surface area contributed by atoms with Crippen LogP contribution in [0.5, 0.6) is 0 Å². The lowest BCUT2D eigenvalue weighted by Crippen LogP contribution is -2.49. The fourth-order valence-electron chi connectivity index (χ4n) is 5.87. The van der Waals surface area contributed by atoms with Crippen molar-refractivity contribution in [1.29, 1.82) is 0 Å². The number of nitrogens with one attached hydrogen (secondary N) is 1. The molecule has 10 nitrogen and oxygen atoms in total. The number of fused-ring (bicyclic) bond motifs is 2. The van der Waals surface area contributed by atoms with Crippen LogP contribution in [-0.4, -0.2) is 62.3 Å². The number of hydrogen-bond donors (Lipinski definition) is 1. The van der Waals surface area contributed by atoms with Gasteiger partial charge in [0, 0.05) is 18.2 Å². The van der Waals surface area contributed by atoms with Crippen molar-refractivity contribution in [3.05, 3.63) is 77.6 Å². The number of para-hydroxylation sites is 1. The molecule has 4 rings (SSSR count). The Kier molecular flexibility index (Phi) is 9.08. The lowest BCUT2D eigenvalue weighted by Gasteiger charge is -2.37. The van der Waals surface area contributed by atoms with Crippen molar-refractivity contribution >= 4 is 30.1 Å². The molecule has 1 N–H and O–H groups in total. The van der Waals surface area contributed by atoms with Crippen LogP contribution in [0.15, 0.2) is 66.4 Å². The third-order valence-corrected chi connectivity index (χ3v) is 7.77. The normalized spacial score (nSPS) is 21.3. The van der Waals surface area contributed by atoms with E-state index in [1.54, 1.807) is 4.90 Å². The van der Waals surface area contributed by atoms with Gasteiger partial charge < -0.3 is 29.2 Å². The van der Waals surface area contributed by atoms with Gasteiger partial charge in [-0.3, -0.25) is 9.59 Å². The van der Waals surface area contributed by atoms with Gasteiger partial charge in [0.2, 0.25) is 12.3 Å². The standard InChI is InChI=1S/C30H34N2O8/c1-4-25(40-29(36)39-17-20-10-6-5-7-11-20)21(22(18-37-2)27(34)38-3)16-26-30(14-15-32(26)19-33)23-12-8-9-13-24(23)31-28(30)35/h5-13,18-19,21,25-26H,4,14-17H2,1-3H3,(H,31,35)/b22-18+/t21-,25-,26+,30-/m1/s1. The second-order valence-electron chi connectivity index (χ2n) is 9.81. The van der Waals surface area contributed by atoms with E-state index in [1.807, 2.05) is 61.5 Å². The molecule has 2 heterocycles. The number of benzene rings is 2. The highest BCUT2D eigenvalue weighted by atomic mass is 16.7. The molecule has 0 aromatic heterocycles. The van der Waals surface area contributed by atoms with Crippen LogP contribution >= 0.6 is 0 Å². The van der Waals surface area contributed by atoms with Gasteiger partial charge in [0.05, 0.1) is 37.5 Å². The summed E-state index contributed by atoms with van der Waals surface area (Å²) in [5.41, 5.74) is 1.36. The molecule has 2 amide bonds. The molecule has 212 valence electrons. The second kappa shape index (κ2) is 12.7. The zero-order valence-electron chi connectivity index (χ0n) is 22.8. The molecule has 0 unspecified atom stereocenters. The zero-order chi connectivity index (χ0) is 28.7. The number of methoxy groups -OCH3 is 2. The molecular formula is C30H34N2O8. The number of ether oxygens (including phenoxy) is 4. The SMILES string of the molecule is CC[C@@H](OC(=O)OCc1ccccc1)[C@H](C[C@@H]1N(C=O)CC[C@]12C(=O)Nc1ccccc12)/C(=C\OC)C(=O)OC. The van der Waals surface area contributed by atoms with Crippen LogP contribution in [0.4, 0.5) is 10.5 Å². The van der Waals surface area contributed by atoms with E-state index in [0.29, 0.717) is 25.1 Å². The minimum atomic E-state index is -1.03. The maximum Gasteiger partial charge on any atom is 0.508 e. The topological polar surface area (TPSA) is 120 Å². The molecule has 2 aromatic carbocycles. The smallest absolute Gasteiger partial charge is 0.504 e. The highest BCUT2D eigenvalue weighted by Gasteiger charge is 2.58. The first-order valence-corrected chi connectivity index (χ1v) is 13.2. The number of esters is 1. The fraction of sp³-hybridized carbons (Fsp3) is 0.400. The van der Waals surface area contributed by atoms with Crippen molar-refractivity contribution in [2.24, 2.45) is 5.92 Å². The molecule has 0 radical (unpaired) electrons. The molecule has 0 saturated carbocycles. The van der Waals surface area contributed by atoms with Gasteiger partial charge in [-0.2, -0.15) is 0 Å². The molecule has 40 heavy (non-hydrogen) atoms. The summed E-state index contributed by atoms with van der Waals surface area (Å²) >= 11 is 0. The van der Waals surface area contributed by atoms with Gasteiger partial charge in [-0.15, -0.1) is 0 Å². The summed E-state index contributed by atoms with van der Waals surface area (Å²) in [7, 11) is 2.64. The maximum absolute atomic E-state index is 13.5. The predicted octanol–water partition coefficient (Wildman–Crippen LogP) is 3.95. The largest absolute Gasteiger partial charge is 0.508 e. The molecule has 4 atom stereocenters. The number of hydrogen-bond acceptors (Lipinski definition) is 8. The van der Waals surface area contributed by atoms with Crippen molar-refractivity contribution in [1.82, 2.24) is 4.90 Å². The van der Waals surface area contributed by atoms with Crippen LogP contribution < -0.4 is 5.32 Å². The number of likely N-dealkylation sites (tertiary alicyclic amines) is 1. The van der Waals surface area contributed by atoms with Gasteiger partial charge in [0.15, 0.2) is 0 Å². The monoisotopic (exact) mass is 550 g/mol. The number of nitrogens with zero attached hydrogens (tertiary/aromatic N) is 1. The van der Waals surface area contributed by atoms with Gasteiger partial charge in [0.1, 0.15) is 12.7 Å². The van der Waals surface area contributed by atoms with Crippen molar-refractivity contribution in [3.63, 3.8) is 0 Å². The molecule has 0 bridgehead atoms. The Morgan fingerprint density at radius 3 is 2.52 bits per heavy atom. The molecule has 1 spiro atoms. The molecule has 2 aliphatic rings. The highest BCUT2D eigenvalue weighted by molar-refractivity contribution is 6.07. The van der Waals surface area contributed by atoms with E-state index in [-0.39, 0.29) is 24.5 Å². The Morgan fingerprint density at radius 2 is 1.85 bits per heavy atom. The van der Waals surface area contributed by atoms with Gasteiger partial charge >= 0.3 is 12.1 Å². The van der Waals surface area contributed by atoms with Crippen molar-refractivity contribution in [2.75, 3.05) is 26.1 Å². The quantitative estimate of drug-likeness (QED) is 0.193. The minimum Gasteiger partial charge on any atom is -0.504 e. The molecule has 2 aromatic rings. The summed E-state index contributed by atoms with van der Waals surface area (Å²) in [6.07, 6.45) is 1.06. The predicted molar refractivity (Wildman–Crippen MR) is 145 cm³/mol. The lowest BCUT2D eigenvalue weighted by molar-refractivity contribution is -0.137. The van der Waals surface area contributed by atoms with Crippen LogP contribution in [0, 0.1) is 5.92 Å². The van der Waals surface area contributed by atoms with E-state index in [1.165, 1.54) is 20.5 Å². The van der Waals surface area contributed by atoms with Gasteiger partial charge in [-0.05, 0) is 36.5 Å². The first-order chi connectivity index (χ1) is 19.4. The number of rotatable bonds is 11. The van der Waals surface area contributed by atoms with Gasteiger partial charge in [0.25, 0.3) is 0 Å². The molecule has 1 fully saturated rings. The van der Waals surface area contributed by atoms with E-state index in [9.17, 15) is 19.2 Å². The average molecular weight is 551 g/mol.